The fourth-order valence-electron chi connectivity index (χ4n) is 1.57. The third-order valence-electron chi connectivity index (χ3n) is 2.45. The van der Waals surface area contributed by atoms with Gasteiger partial charge in [-0.05, 0) is 12.1 Å². The first-order valence-electron chi connectivity index (χ1n) is 5.34. The lowest BCUT2D eigenvalue weighted by Crippen LogP contribution is -2.08. The molecule has 2 N–H and O–H groups in total. The zero-order chi connectivity index (χ0) is 13.1. The van der Waals surface area contributed by atoms with Gasteiger partial charge in [0, 0.05) is 24.8 Å². The maximum Gasteiger partial charge on any atom is 0.214 e. The molecule has 0 aliphatic rings. The van der Waals surface area contributed by atoms with Gasteiger partial charge in [0.1, 0.15) is 5.69 Å². The van der Waals surface area contributed by atoms with Crippen molar-refractivity contribution in [2.75, 3.05) is 6.54 Å². The van der Waals surface area contributed by atoms with Crippen LogP contribution in [0.5, 0.6) is 0 Å². The number of rotatable bonds is 4. The van der Waals surface area contributed by atoms with E-state index in [1.54, 1.807) is 35.3 Å². The second kappa shape index (κ2) is 5.52. The van der Waals surface area contributed by atoms with E-state index in [1.807, 2.05) is 0 Å². The first-order valence-corrected chi connectivity index (χ1v) is 6.09. The summed E-state index contributed by atoms with van der Waals surface area (Å²) in [6.07, 6.45) is 3.21. The van der Waals surface area contributed by atoms with Crippen molar-refractivity contribution >= 4 is 29.0 Å². The minimum atomic E-state index is -0.252. The average Bonchev–Trinajstić information content (AvgIpc) is 2.81. The van der Waals surface area contributed by atoms with Crippen LogP contribution in [-0.4, -0.2) is 21.9 Å². The molecule has 2 rings (SSSR count). The number of benzene rings is 1. The molecule has 0 fully saturated rings. The van der Waals surface area contributed by atoms with Crippen LogP contribution in [-0.2, 0) is 6.54 Å². The SMILES string of the molecule is NCCn1cnc(C(=O)c2cccc(Cl)c2Cl)c1. The van der Waals surface area contributed by atoms with E-state index in [0.717, 1.165) is 0 Å². The van der Waals surface area contributed by atoms with Crippen LogP contribution < -0.4 is 5.73 Å². The molecule has 6 heteroatoms. The molecule has 94 valence electrons. The molecule has 0 saturated heterocycles. The van der Waals surface area contributed by atoms with E-state index in [0.29, 0.717) is 29.4 Å². The Hall–Kier alpha value is -1.36. The molecule has 2 aromatic rings. The van der Waals surface area contributed by atoms with E-state index in [9.17, 15) is 4.79 Å². The Morgan fingerprint density at radius 1 is 1.39 bits per heavy atom. The molecule has 0 radical (unpaired) electrons. The number of imidazole rings is 1. The zero-order valence-electron chi connectivity index (χ0n) is 9.44. The number of hydrogen-bond acceptors (Lipinski definition) is 3. The lowest BCUT2D eigenvalue weighted by atomic mass is 10.1. The summed E-state index contributed by atoms with van der Waals surface area (Å²) in [6, 6.07) is 4.94. The molecular weight excluding hydrogens is 273 g/mol. The Morgan fingerprint density at radius 3 is 2.89 bits per heavy atom. The molecule has 0 unspecified atom stereocenters. The Bertz CT molecular complexity index is 580. The van der Waals surface area contributed by atoms with Crippen LogP contribution in [0.25, 0.3) is 0 Å². The fraction of sp³-hybridized carbons (Fsp3) is 0.167. The molecule has 0 bridgehead atoms. The van der Waals surface area contributed by atoms with Gasteiger partial charge in [0.05, 0.1) is 16.4 Å². The molecule has 0 spiro atoms. The summed E-state index contributed by atoms with van der Waals surface area (Å²) in [5.74, 6) is -0.252. The van der Waals surface area contributed by atoms with Crippen molar-refractivity contribution in [3.63, 3.8) is 0 Å². The predicted octanol–water partition coefficient (Wildman–Crippen LogP) is 2.38. The van der Waals surface area contributed by atoms with E-state index in [4.69, 9.17) is 28.9 Å². The first kappa shape index (κ1) is 13.1. The molecule has 0 aliphatic heterocycles. The van der Waals surface area contributed by atoms with E-state index in [-0.39, 0.29) is 10.8 Å². The fourth-order valence-corrected chi connectivity index (χ4v) is 1.95. The summed E-state index contributed by atoms with van der Waals surface area (Å²) in [5.41, 5.74) is 6.10. The predicted molar refractivity (Wildman–Crippen MR) is 71.2 cm³/mol. The molecular formula is C12H11Cl2N3O. The van der Waals surface area contributed by atoms with Gasteiger partial charge < -0.3 is 10.3 Å². The molecule has 4 nitrogen and oxygen atoms in total. The Morgan fingerprint density at radius 2 is 2.17 bits per heavy atom. The Labute approximate surface area is 114 Å². The second-order valence-corrected chi connectivity index (χ2v) is 4.50. The van der Waals surface area contributed by atoms with Crippen molar-refractivity contribution in [1.29, 1.82) is 0 Å². The minimum Gasteiger partial charge on any atom is -0.335 e. The van der Waals surface area contributed by atoms with E-state index in [2.05, 4.69) is 4.98 Å². The summed E-state index contributed by atoms with van der Waals surface area (Å²) < 4.78 is 1.76. The van der Waals surface area contributed by atoms with Gasteiger partial charge in [-0.2, -0.15) is 0 Å². The highest BCUT2D eigenvalue weighted by Gasteiger charge is 2.16. The topological polar surface area (TPSA) is 60.9 Å². The Balaban J connectivity index is 2.32. The van der Waals surface area contributed by atoms with Crippen molar-refractivity contribution in [2.45, 2.75) is 6.54 Å². The molecule has 1 aromatic heterocycles. The number of carbonyl (C=O) groups is 1. The quantitative estimate of drug-likeness (QED) is 0.877. The summed E-state index contributed by atoms with van der Waals surface area (Å²) >= 11 is 11.9. The smallest absolute Gasteiger partial charge is 0.214 e. The van der Waals surface area contributed by atoms with Gasteiger partial charge in [-0.1, -0.05) is 29.3 Å². The van der Waals surface area contributed by atoms with Crippen LogP contribution in [0.4, 0.5) is 0 Å². The molecule has 0 aliphatic carbocycles. The lowest BCUT2D eigenvalue weighted by Gasteiger charge is -2.02. The van der Waals surface area contributed by atoms with Crippen LogP contribution >= 0.6 is 23.2 Å². The summed E-state index contributed by atoms with van der Waals surface area (Å²) in [5, 5.41) is 0.599. The van der Waals surface area contributed by atoms with Gasteiger partial charge in [-0.15, -0.1) is 0 Å². The zero-order valence-corrected chi connectivity index (χ0v) is 10.9. The van der Waals surface area contributed by atoms with Gasteiger partial charge in [-0.3, -0.25) is 4.79 Å². The number of halogens is 2. The number of carbonyl (C=O) groups excluding carboxylic acids is 1. The molecule has 1 heterocycles. The van der Waals surface area contributed by atoms with Crippen molar-refractivity contribution in [3.05, 3.63) is 52.0 Å². The van der Waals surface area contributed by atoms with Gasteiger partial charge in [0.2, 0.25) is 5.78 Å². The van der Waals surface area contributed by atoms with E-state index >= 15 is 0 Å². The summed E-state index contributed by atoms with van der Waals surface area (Å²) in [4.78, 5) is 16.2. The van der Waals surface area contributed by atoms with Gasteiger partial charge in [0.15, 0.2) is 0 Å². The average molecular weight is 284 g/mol. The number of ketones is 1. The highest BCUT2D eigenvalue weighted by molar-refractivity contribution is 6.44. The molecule has 0 saturated carbocycles. The molecule has 0 amide bonds. The Kier molecular flexibility index (Phi) is 4.01. The van der Waals surface area contributed by atoms with Crippen LogP contribution in [0.3, 0.4) is 0 Å². The largest absolute Gasteiger partial charge is 0.335 e. The van der Waals surface area contributed by atoms with Crippen LogP contribution in [0, 0.1) is 0 Å². The van der Waals surface area contributed by atoms with Crippen LogP contribution in [0.15, 0.2) is 30.7 Å². The standard InChI is InChI=1S/C12H11Cl2N3O/c13-9-3-1-2-8(11(9)14)12(18)10-6-17(5-4-15)7-16-10/h1-3,6-7H,4-5,15H2. The number of aromatic nitrogens is 2. The molecule has 18 heavy (non-hydrogen) atoms. The van der Waals surface area contributed by atoms with E-state index < -0.39 is 0 Å². The highest BCUT2D eigenvalue weighted by Crippen LogP contribution is 2.26. The third kappa shape index (κ3) is 2.56. The normalized spacial score (nSPS) is 10.6. The van der Waals surface area contributed by atoms with Crippen LogP contribution in [0.1, 0.15) is 16.1 Å². The number of nitrogens with two attached hydrogens (primary N) is 1. The monoisotopic (exact) mass is 283 g/mol. The van der Waals surface area contributed by atoms with Crippen molar-refractivity contribution in [2.24, 2.45) is 5.73 Å². The maximum absolute atomic E-state index is 12.2. The van der Waals surface area contributed by atoms with Crippen molar-refractivity contribution in [3.8, 4) is 0 Å². The van der Waals surface area contributed by atoms with E-state index in [1.165, 1.54) is 0 Å². The third-order valence-corrected chi connectivity index (χ3v) is 3.27. The molecule has 1 aromatic carbocycles. The summed E-state index contributed by atoms with van der Waals surface area (Å²) in [6.45, 7) is 1.10. The van der Waals surface area contributed by atoms with Gasteiger partial charge in [0.25, 0.3) is 0 Å². The first-order chi connectivity index (χ1) is 8.63. The highest BCUT2D eigenvalue weighted by atomic mass is 35.5. The van der Waals surface area contributed by atoms with Crippen molar-refractivity contribution in [1.82, 2.24) is 9.55 Å². The molecule has 0 atom stereocenters. The maximum atomic E-state index is 12.2. The van der Waals surface area contributed by atoms with Gasteiger partial charge in [-0.25, -0.2) is 4.98 Å². The summed E-state index contributed by atoms with van der Waals surface area (Å²) in [7, 11) is 0. The lowest BCUT2D eigenvalue weighted by molar-refractivity contribution is 0.103. The second-order valence-electron chi connectivity index (χ2n) is 3.72. The van der Waals surface area contributed by atoms with Crippen molar-refractivity contribution < 1.29 is 4.79 Å². The number of nitrogens with zero attached hydrogens (tertiary/aromatic N) is 2. The number of hydrogen-bond donors (Lipinski definition) is 1. The van der Waals surface area contributed by atoms with Crippen LogP contribution in [0.2, 0.25) is 10.0 Å². The minimum absolute atomic E-state index is 0.248. The van der Waals surface area contributed by atoms with Gasteiger partial charge >= 0.3 is 0 Å².